The van der Waals surface area contributed by atoms with Crippen molar-refractivity contribution >= 4 is 22.8 Å². The molecule has 23 heavy (non-hydrogen) atoms. The smallest absolute Gasteiger partial charge is 0.306 e. The van der Waals surface area contributed by atoms with Crippen LogP contribution in [0, 0.1) is 5.92 Å². The summed E-state index contributed by atoms with van der Waals surface area (Å²) >= 11 is 0. The first kappa shape index (κ1) is 15.6. The number of amides is 1. The zero-order valence-electron chi connectivity index (χ0n) is 13.4. The van der Waals surface area contributed by atoms with E-state index in [0.717, 1.165) is 23.0 Å². The monoisotopic (exact) mass is 314 g/mol. The number of hydrogen-bond donors (Lipinski definition) is 1. The Morgan fingerprint density at radius 2 is 1.91 bits per heavy atom. The number of aryl methyl sites for hydroxylation is 1. The number of rotatable bonds is 4. The largest absolute Gasteiger partial charge is 0.481 e. The van der Waals surface area contributed by atoms with Crippen molar-refractivity contribution in [3.63, 3.8) is 0 Å². The lowest BCUT2D eigenvalue weighted by Gasteiger charge is -2.30. The van der Waals surface area contributed by atoms with Gasteiger partial charge in [-0.3, -0.25) is 9.59 Å². The molecule has 1 aromatic heterocycles. The van der Waals surface area contributed by atoms with Crippen LogP contribution in [0.5, 0.6) is 0 Å². The third-order valence-electron chi connectivity index (χ3n) is 4.75. The van der Waals surface area contributed by atoms with Gasteiger partial charge in [0, 0.05) is 36.7 Å². The molecule has 1 aliphatic heterocycles. The van der Waals surface area contributed by atoms with Crippen LogP contribution >= 0.6 is 0 Å². The standard InChI is InChI=1S/C18H22N2O3/c1-2-19-12-14(15-5-3-4-6-16(15)19)11-17(21)20-9-7-13(8-10-20)18(22)23/h3-6,12-13H,2,7-11H2,1H3,(H,22,23). The van der Waals surface area contributed by atoms with Gasteiger partial charge in [0.25, 0.3) is 0 Å². The number of carboxylic acids is 1. The molecule has 2 aromatic rings. The van der Waals surface area contributed by atoms with Crippen molar-refractivity contribution in [2.45, 2.75) is 32.7 Å². The fourth-order valence-corrected chi connectivity index (χ4v) is 3.38. The highest BCUT2D eigenvalue weighted by Gasteiger charge is 2.27. The number of aliphatic carboxylic acids is 1. The van der Waals surface area contributed by atoms with Crippen molar-refractivity contribution in [2.24, 2.45) is 5.92 Å². The number of fused-ring (bicyclic) bond motifs is 1. The van der Waals surface area contributed by atoms with Gasteiger partial charge in [0.1, 0.15) is 0 Å². The Morgan fingerprint density at radius 3 is 2.57 bits per heavy atom. The molecule has 0 atom stereocenters. The second-order valence-corrected chi connectivity index (χ2v) is 6.13. The van der Waals surface area contributed by atoms with Crippen molar-refractivity contribution < 1.29 is 14.7 Å². The molecule has 0 spiro atoms. The Bertz CT molecular complexity index is 727. The minimum atomic E-state index is -0.747. The van der Waals surface area contributed by atoms with E-state index >= 15 is 0 Å². The molecule has 0 aliphatic carbocycles. The summed E-state index contributed by atoms with van der Waals surface area (Å²) in [5, 5.41) is 10.2. The predicted molar refractivity (Wildman–Crippen MR) is 88.3 cm³/mol. The summed E-state index contributed by atoms with van der Waals surface area (Å²) in [6, 6.07) is 8.14. The van der Waals surface area contributed by atoms with Crippen LogP contribution in [0.4, 0.5) is 0 Å². The summed E-state index contributed by atoms with van der Waals surface area (Å²) in [5.74, 6) is -0.961. The number of aromatic nitrogens is 1. The van der Waals surface area contributed by atoms with E-state index in [2.05, 4.69) is 29.8 Å². The second kappa shape index (κ2) is 6.44. The molecule has 1 saturated heterocycles. The van der Waals surface area contributed by atoms with E-state index in [9.17, 15) is 9.59 Å². The quantitative estimate of drug-likeness (QED) is 0.943. The maximum absolute atomic E-state index is 12.6. The van der Waals surface area contributed by atoms with Gasteiger partial charge in [0.05, 0.1) is 12.3 Å². The molecule has 0 radical (unpaired) electrons. The maximum Gasteiger partial charge on any atom is 0.306 e. The van der Waals surface area contributed by atoms with Gasteiger partial charge in [0.2, 0.25) is 5.91 Å². The van der Waals surface area contributed by atoms with Crippen molar-refractivity contribution in [1.82, 2.24) is 9.47 Å². The number of nitrogens with zero attached hydrogens (tertiary/aromatic N) is 2. The molecule has 0 bridgehead atoms. The van der Waals surface area contributed by atoms with Gasteiger partial charge in [-0.25, -0.2) is 0 Å². The number of para-hydroxylation sites is 1. The van der Waals surface area contributed by atoms with E-state index in [-0.39, 0.29) is 11.8 Å². The van der Waals surface area contributed by atoms with Gasteiger partial charge in [-0.05, 0) is 31.4 Å². The van der Waals surface area contributed by atoms with Crippen LogP contribution in [0.15, 0.2) is 30.5 Å². The first-order valence-corrected chi connectivity index (χ1v) is 8.17. The Balaban J connectivity index is 1.73. The van der Waals surface area contributed by atoms with Gasteiger partial charge in [-0.2, -0.15) is 0 Å². The third-order valence-corrected chi connectivity index (χ3v) is 4.75. The zero-order chi connectivity index (χ0) is 16.4. The fourth-order valence-electron chi connectivity index (χ4n) is 3.38. The molecule has 0 unspecified atom stereocenters. The predicted octanol–water partition coefficient (Wildman–Crippen LogP) is 2.53. The SMILES string of the molecule is CCn1cc(CC(=O)N2CCC(C(=O)O)CC2)c2ccccc21. The summed E-state index contributed by atoms with van der Waals surface area (Å²) in [4.78, 5) is 25.4. The van der Waals surface area contributed by atoms with E-state index < -0.39 is 5.97 Å². The molecule has 0 saturated carbocycles. The Kier molecular flexibility index (Phi) is 4.37. The van der Waals surface area contributed by atoms with Crippen LogP contribution in [0.2, 0.25) is 0 Å². The van der Waals surface area contributed by atoms with Gasteiger partial charge < -0.3 is 14.6 Å². The number of piperidine rings is 1. The number of carbonyl (C=O) groups is 2. The van der Waals surface area contributed by atoms with E-state index in [1.807, 2.05) is 12.1 Å². The molecule has 1 N–H and O–H groups in total. The van der Waals surface area contributed by atoms with Crippen molar-refractivity contribution in [1.29, 1.82) is 0 Å². The molecule has 1 fully saturated rings. The van der Waals surface area contributed by atoms with E-state index in [1.165, 1.54) is 0 Å². The fraction of sp³-hybridized carbons (Fsp3) is 0.444. The average molecular weight is 314 g/mol. The topological polar surface area (TPSA) is 62.5 Å². The summed E-state index contributed by atoms with van der Waals surface area (Å²) in [6.07, 6.45) is 3.55. The molecule has 2 heterocycles. The van der Waals surface area contributed by atoms with Crippen LogP contribution < -0.4 is 0 Å². The highest BCUT2D eigenvalue weighted by molar-refractivity contribution is 5.89. The van der Waals surface area contributed by atoms with Crippen LogP contribution in [-0.4, -0.2) is 39.5 Å². The van der Waals surface area contributed by atoms with E-state index in [4.69, 9.17) is 5.11 Å². The third kappa shape index (κ3) is 3.09. The average Bonchev–Trinajstić information content (AvgIpc) is 2.93. The van der Waals surface area contributed by atoms with E-state index in [0.29, 0.717) is 32.4 Å². The number of likely N-dealkylation sites (tertiary alicyclic amines) is 1. The number of hydrogen-bond acceptors (Lipinski definition) is 2. The number of carboxylic acid groups (broad SMARTS) is 1. The molecule has 3 rings (SSSR count). The Morgan fingerprint density at radius 1 is 1.22 bits per heavy atom. The van der Waals surface area contributed by atoms with E-state index in [1.54, 1.807) is 4.90 Å². The lowest BCUT2D eigenvalue weighted by atomic mass is 9.96. The minimum Gasteiger partial charge on any atom is -0.481 e. The van der Waals surface area contributed by atoms with Crippen molar-refractivity contribution in [2.75, 3.05) is 13.1 Å². The molecule has 1 aliphatic rings. The molecule has 122 valence electrons. The van der Waals surface area contributed by atoms with Crippen LogP contribution in [0.1, 0.15) is 25.3 Å². The number of benzene rings is 1. The maximum atomic E-state index is 12.6. The van der Waals surface area contributed by atoms with Gasteiger partial charge in [-0.1, -0.05) is 18.2 Å². The second-order valence-electron chi connectivity index (χ2n) is 6.13. The lowest BCUT2D eigenvalue weighted by molar-refractivity contribution is -0.145. The molecular weight excluding hydrogens is 292 g/mol. The van der Waals surface area contributed by atoms with Gasteiger partial charge in [-0.15, -0.1) is 0 Å². The lowest BCUT2D eigenvalue weighted by Crippen LogP contribution is -2.40. The highest BCUT2D eigenvalue weighted by Crippen LogP contribution is 2.23. The molecule has 1 amide bonds. The van der Waals surface area contributed by atoms with Gasteiger partial charge in [0.15, 0.2) is 0 Å². The molecule has 1 aromatic carbocycles. The molecule has 5 nitrogen and oxygen atoms in total. The normalized spacial score (nSPS) is 16.0. The summed E-state index contributed by atoms with van der Waals surface area (Å²) in [5.41, 5.74) is 2.20. The highest BCUT2D eigenvalue weighted by atomic mass is 16.4. The van der Waals surface area contributed by atoms with Crippen LogP contribution in [0.25, 0.3) is 10.9 Å². The molecular formula is C18H22N2O3. The first-order chi connectivity index (χ1) is 11.1. The van der Waals surface area contributed by atoms with Crippen molar-refractivity contribution in [3.8, 4) is 0 Å². The first-order valence-electron chi connectivity index (χ1n) is 8.17. The molecule has 5 heteroatoms. The van der Waals surface area contributed by atoms with Crippen molar-refractivity contribution in [3.05, 3.63) is 36.0 Å². The zero-order valence-corrected chi connectivity index (χ0v) is 13.4. The van der Waals surface area contributed by atoms with Crippen LogP contribution in [0.3, 0.4) is 0 Å². The summed E-state index contributed by atoms with van der Waals surface area (Å²) in [6.45, 7) is 4.05. The summed E-state index contributed by atoms with van der Waals surface area (Å²) < 4.78 is 2.16. The van der Waals surface area contributed by atoms with Crippen LogP contribution in [-0.2, 0) is 22.6 Å². The van der Waals surface area contributed by atoms with Gasteiger partial charge >= 0.3 is 5.97 Å². The number of carbonyl (C=O) groups excluding carboxylic acids is 1. The summed E-state index contributed by atoms with van der Waals surface area (Å²) in [7, 11) is 0. The minimum absolute atomic E-state index is 0.0906. The Labute approximate surface area is 135 Å². The Hall–Kier alpha value is -2.30.